The zero-order valence-electron chi connectivity index (χ0n) is 18.4. The number of hydrogen-bond acceptors (Lipinski definition) is 4. The van der Waals surface area contributed by atoms with Crippen molar-refractivity contribution in [3.63, 3.8) is 0 Å². The van der Waals surface area contributed by atoms with Crippen LogP contribution in [0.5, 0.6) is 5.75 Å². The molecule has 0 spiro atoms. The summed E-state index contributed by atoms with van der Waals surface area (Å²) in [7, 11) is 0. The molecule has 1 fully saturated rings. The Morgan fingerprint density at radius 1 is 1.06 bits per heavy atom. The predicted octanol–water partition coefficient (Wildman–Crippen LogP) is 5.15. The van der Waals surface area contributed by atoms with Gasteiger partial charge in [0, 0.05) is 44.2 Å². The average Bonchev–Trinajstić information content (AvgIpc) is 2.70. The SMILES string of the molecule is CC(C)(C)OC(=O)N1CCN(Cc2ccc(CCOc3ccc(Cl)cc3)c(F)c2)CC1. The maximum absolute atomic E-state index is 14.5. The zero-order chi connectivity index (χ0) is 22.4. The molecule has 1 aliphatic rings. The Kier molecular flexibility index (Phi) is 7.79. The number of halogens is 2. The van der Waals surface area contributed by atoms with Gasteiger partial charge in [-0.05, 0) is 62.2 Å². The summed E-state index contributed by atoms with van der Waals surface area (Å²) in [6.45, 7) is 9.32. The van der Waals surface area contributed by atoms with Crippen LogP contribution in [-0.2, 0) is 17.7 Å². The molecular weight excluding hydrogens is 419 g/mol. The van der Waals surface area contributed by atoms with Gasteiger partial charge in [-0.1, -0.05) is 23.7 Å². The Hall–Kier alpha value is -2.31. The minimum Gasteiger partial charge on any atom is -0.493 e. The second kappa shape index (κ2) is 10.3. The number of rotatable bonds is 6. The highest BCUT2D eigenvalue weighted by atomic mass is 35.5. The third-order valence-electron chi connectivity index (χ3n) is 5.00. The number of hydrogen-bond donors (Lipinski definition) is 0. The minimum absolute atomic E-state index is 0.218. The molecule has 2 aromatic carbocycles. The lowest BCUT2D eigenvalue weighted by molar-refractivity contribution is 0.0139. The van der Waals surface area contributed by atoms with Crippen LogP contribution in [0.1, 0.15) is 31.9 Å². The summed E-state index contributed by atoms with van der Waals surface area (Å²) in [4.78, 5) is 16.1. The van der Waals surface area contributed by atoms with Crippen LogP contribution < -0.4 is 4.74 Å². The standard InChI is InChI=1S/C24H30ClFN2O3/c1-24(2,3)31-23(29)28-13-11-27(12-14-28)17-18-4-5-19(22(26)16-18)10-15-30-21-8-6-20(25)7-9-21/h4-9,16H,10-15,17H2,1-3H3. The van der Waals surface area contributed by atoms with Crippen molar-refractivity contribution >= 4 is 17.7 Å². The molecule has 3 rings (SSSR count). The lowest BCUT2D eigenvalue weighted by Gasteiger charge is -2.35. The fourth-order valence-electron chi connectivity index (χ4n) is 3.37. The summed E-state index contributed by atoms with van der Waals surface area (Å²) in [6, 6.07) is 12.5. The van der Waals surface area contributed by atoms with Crippen molar-refractivity contribution < 1.29 is 18.7 Å². The zero-order valence-corrected chi connectivity index (χ0v) is 19.1. The van der Waals surface area contributed by atoms with Gasteiger partial charge in [0.1, 0.15) is 17.2 Å². The number of ether oxygens (including phenoxy) is 2. The van der Waals surface area contributed by atoms with Gasteiger partial charge in [-0.15, -0.1) is 0 Å². The van der Waals surface area contributed by atoms with E-state index in [1.54, 1.807) is 35.2 Å². The normalized spacial score (nSPS) is 15.1. The van der Waals surface area contributed by atoms with E-state index < -0.39 is 5.60 Å². The molecule has 1 heterocycles. The van der Waals surface area contributed by atoms with Gasteiger partial charge in [-0.25, -0.2) is 9.18 Å². The molecule has 7 heteroatoms. The molecule has 0 bridgehead atoms. The molecule has 0 saturated carbocycles. The second-order valence-corrected chi connectivity index (χ2v) is 9.16. The van der Waals surface area contributed by atoms with E-state index in [1.807, 2.05) is 32.9 Å². The van der Waals surface area contributed by atoms with Gasteiger partial charge in [0.15, 0.2) is 0 Å². The van der Waals surface area contributed by atoms with Crippen LogP contribution in [0.3, 0.4) is 0 Å². The highest BCUT2D eigenvalue weighted by Gasteiger charge is 2.25. The minimum atomic E-state index is -0.493. The van der Waals surface area contributed by atoms with Crippen LogP contribution in [0.15, 0.2) is 42.5 Å². The number of piperazine rings is 1. The molecule has 1 aliphatic heterocycles. The van der Waals surface area contributed by atoms with E-state index in [0.717, 1.165) is 18.7 Å². The topological polar surface area (TPSA) is 42.0 Å². The molecule has 31 heavy (non-hydrogen) atoms. The van der Waals surface area contributed by atoms with E-state index in [4.69, 9.17) is 21.1 Å². The monoisotopic (exact) mass is 448 g/mol. The van der Waals surface area contributed by atoms with E-state index in [2.05, 4.69) is 4.90 Å². The van der Waals surface area contributed by atoms with Gasteiger partial charge < -0.3 is 14.4 Å². The molecular formula is C24H30ClFN2O3. The van der Waals surface area contributed by atoms with Crippen molar-refractivity contribution in [2.45, 2.75) is 39.3 Å². The fourth-order valence-corrected chi connectivity index (χ4v) is 3.50. The molecule has 1 amide bonds. The van der Waals surface area contributed by atoms with Crippen molar-refractivity contribution in [1.29, 1.82) is 0 Å². The second-order valence-electron chi connectivity index (χ2n) is 8.72. The number of amides is 1. The van der Waals surface area contributed by atoms with Gasteiger partial charge in [0.25, 0.3) is 0 Å². The van der Waals surface area contributed by atoms with Gasteiger partial charge in [-0.2, -0.15) is 0 Å². The van der Waals surface area contributed by atoms with Crippen LogP contribution in [-0.4, -0.2) is 54.3 Å². The number of carbonyl (C=O) groups is 1. The summed E-state index contributed by atoms with van der Waals surface area (Å²) in [5, 5.41) is 0.653. The molecule has 0 radical (unpaired) electrons. The van der Waals surface area contributed by atoms with Gasteiger partial charge in [-0.3, -0.25) is 4.90 Å². The van der Waals surface area contributed by atoms with E-state index in [1.165, 1.54) is 0 Å². The van der Waals surface area contributed by atoms with Crippen LogP contribution in [0, 0.1) is 5.82 Å². The van der Waals surface area contributed by atoms with Gasteiger partial charge in [0.2, 0.25) is 0 Å². The van der Waals surface area contributed by atoms with E-state index in [9.17, 15) is 9.18 Å². The van der Waals surface area contributed by atoms with Crippen LogP contribution in [0.25, 0.3) is 0 Å². The molecule has 0 aliphatic carbocycles. The Morgan fingerprint density at radius 3 is 2.35 bits per heavy atom. The van der Waals surface area contributed by atoms with Crippen molar-refractivity contribution in [2.24, 2.45) is 0 Å². The molecule has 0 aromatic heterocycles. The first-order chi connectivity index (χ1) is 14.7. The third-order valence-corrected chi connectivity index (χ3v) is 5.25. The summed E-state index contributed by atoms with van der Waals surface area (Å²) >= 11 is 5.86. The molecule has 5 nitrogen and oxygen atoms in total. The Labute approximate surface area is 188 Å². The third kappa shape index (κ3) is 7.40. The Bertz CT molecular complexity index is 875. The molecule has 0 atom stereocenters. The summed E-state index contributed by atoms with van der Waals surface area (Å²) in [5.41, 5.74) is 1.06. The van der Waals surface area contributed by atoms with Crippen molar-refractivity contribution in [3.05, 3.63) is 64.4 Å². The Morgan fingerprint density at radius 2 is 1.74 bits per heavy atom. The van der Waals surface area contributed by atoms with E-state index in [-0.39, 0.29) is 11.9 Å². The largest absolute Gasteiger partial charge is 0.493 e. The highest BCUT2D eigenvalue weighted by molar-refractivity contribution is 6.30. The summed E-state index contributed by atoms with van der Waals surface area (Å²) in [6.07, 6.45) is 0.215. The van der Waals surface area contributed by atoms with Crippen molar-refractivity contribution in [1.82, 2.24) is 9.80 Å². The van der Waals surface area contributed by atoms with E-state index in [0.29, 0.717) is 49.0 Å². The summed E-state index contributed by atoms with van der Waals surface area (Å²) < 4.78 is 25.6. The highest BCUT2D eigenvalue weighted by Crippen LogP contribution is 2.18. The smallest absolute Gasteiger partial charge is 0.410 e. The first-order valence-electron chi connectivity index (χ1n) is 10.6. The summed E-state index contributed by atoms with van der Waals surface area (Å²) in [5.74, 6) is 0.497. The average molecular weight is 449 g/mol. The van der Waals surface area contributed by atoms with Crippen molar-refractivity contribution in [2.75, 3.05) is 32.8 Å². The Balaban J connectivity index is 1.45. The number of carbonyl (C=O) groups excluding carboxylic acids is 1. The fraction of sp³-hybridized carbons (Fsp3) is 0.458. The first-order valence-corrected chi connectivity index (χ1v) is 10.9. The first kappa shape index (κ1) is 23.4. The van der Waals surface area contributed by atoms with E-state index >= 15 is 0 Å². The predicted molar refractivity (Wildman–Crippen MR) is 120 cm³/mol. The maximum Gasteiger partial charge on any atom is 0.410 e. The van der Waals surface area contributed by atoms with Gasteiger partial charge >= 0.3 is 6.09 Å². The van der Waals surface area contributed by atoms with Crippen molar-refractivity contribution in [3.8, 4) is 5.75 Å². The lowest BCUT2D eigenvalue weighted by Crippen LogP contribution is -2.49. The molecule has 0 N–H and O–H groups in total. The maximum atomic E-state index is 14.5. The lowest BCUT2D eigenvalue weighted by atomic mass is 10.1. The van der Waals surface area contributed by atoms with Gasteiger partial charge in [0.05, 0.1) is 6.61 Å². The molecule has 2 aromatic rings. The van der Waals surface area contributed by atoms with Crippen LogP contribution in [0.2, 0.25) is 5.02 Å². The van der Waals surface area contributed by atoms with Crippen LogP contribution >= 0.6 is 11.6 Å². The molecule has 1 saturated heterocycles. The molecule has 0 unspecified atom stereocenters. The quantitative estimate of drug-likeness (QED) is 0.612. The number of benzene rings is 2. The number of nitrogens with zero attached hydrogens (tertiary/aromatic N) is 2. The molecule has 168 valence electrons. The van der Waals surface area contributed by atoms with Crippen LogP contribution in [0.4, 0.5) is 9.18 Å².